The summed E-state index contributed by atoms with van der Waals surface area (Å²) in [4.78, 5) is 15.3. The van der Waals surface area contributed by atoms with E-state index in [-0.39, 0.29) is 69.0 Å². The number of aryl methyl sites for hydroxylation is 1. The van der Waals surface area contributed by atoms with Gasteiger partial charge in [0.1, 0.15) is 5.75 Å². The number of nitrogens with one attached hydrogen (secondary N) is 1. The summed E-state index contributed by atoms with van der Waals surface area (Å²) in [7, 11) is -2.43. The maximum absolute atomic E-state index is 12.7. The van der Waals surface area contributed by atoms with Crippen LogP contribution < -0.4 is 60.8 Å². The predicted molar refractivity (Wildman–Crippen MR) is 98.4 cm³/mol. The number of carbonyl (C=O) groups is 1. The van der Waals surface area contributed by atoms with Crippen LogP contribution in [-0.2, 0) is 10.0 Å². The summed E-state index contributed by atoms with van der Waals surface area (Å²) >= 11 is 0. The number of aromatic nitrogens is 1. The zero-order chi connectivity index (χ0) is 18.9. The molecule has 0 aliphatic heterocycles. The Morgan fingerprint density at radius 1 is 1.15 bits per heavy atom. The van der Waals surface area contributed by atoms with Crippen LogP contribution in [0.25, 0.3) is 10.9 Å². The van der Waals surface area contributed by atoms with E-state index in [9.17, 15) is 13.2 Å². The summed E-state index contributed by atoms with van der Waals surface area (Å²) in [5.74, 6) is -0.637. The Balaban J connectivity index is 0.00000196. The summed E-state index contributed by atoms with van der Waals surface area (Å²) in [6, 6.07) is 11.9. The fraction of sp³-hybridized carbons (Fsp3) is 0.111. The molecule has 0 aliphatic rings. The number of carboxylic acid groups (broad SMARTS) is 1. The number of benzene rings is 2. The number of anilines is 1. The molecule has 0 fully saturated rings. The predicted octanol–water partition coefficient (Wildman–Crippen LogP) is 0.167. The monoisotopic (exact) mass is 412 g/mol. The number of carboxylic acids is 1. The van der Waals surface area contributed by atoms with Crippen molar-refractivity contribution in [2.75, 3.05) is 11.8 Å². The molecular formula is C18H17KN2O5S. The number of sulfonamides is 1. The van der Waals surface area contributed by atoms with E-state index in [0.717, 1.165) is 11.1 Å². The van der Waals surface area contributed by atoms with Crippen LogP contribution >= 0.6 is 0 Å². The first kappa shape index (κ1) is 21.8. The van der Waals surface area contributed by atoms with Crippen LogP contribution in [0.2, 0.25) is 0 Å². The number of methoxy groups -OCH3 is 1. The number of nitrogens with zero attached hydrogens (tertiary/aromatic N) is 1. The van der Waals surface area contributed by atoms with Crippen molar-refractivity contribution in [2.24, 2.45) is 0 Å². The average Bonchev–Trinajstić information content (AvgIpc) is 2.61. The van der Waals surface area contributed by atoms with Gasteiger partial charge in [-0.3, -0.25) is 9.71 Å². The summed E-state index contributed by atoms with van der Waals surface area (Å²) in [5, 5.41) is 9.66. The second kappa shape index (κ2) is 8.68. The molecule has 27 heavy (non-hydrogen) atoms. The summed E-state index contributed by atoms with van der Waals surface area (Å²) < 4.78 is 33.1. The minimum atomic E-state index is -3.92. The molecule has 0 aliphatic carbocycles. The van der Waals surface area contributed by atoms with E-state index in [1.807, 2.05) is 19.1 Å². The van der Waals surface area contributed by atoms with E-state index >= 15 is 0 Å². The van der Waals surface area contributed by atoms with Crippen molar-refractivity contribution in [3.05, 3.63) is 59.8 Å². The molecule has 0 unspecified atom stereocenters. The van der Waals surface area contributed by atoms with E-state index in [0.29, 0.717) is 11.3 Å². The zero-order valence-corrected chi connectivity index (χ0v) is 19.0. The standard InChI is InChI=1S/C18H16N2O5S.K.H/c1-11-3-4-13-9-14(25-2)10-16(17(13)19-11)20-26(23,24)15-7-5-12(6-8-15)18(21)22;;/h3-10,20H,1-2H3,(H,21,22);;/q;+1;-1. The first-order valence-corrected chi connectivity index (χ1v) is 9.10. The molecule has 9 heteroatoms. The fourth-order valence-electron chi connectivity index (χ4n) is 2.48. The molecule has 1 heterocycles. The summed E-state index contributed by atoms with van der Waals surface area (Å²) in [5.41, 5.74) is 1.53. The first-order valence-electron chi connectivity index (χ1n) is 7.62. The van der Waals surface area contributed by atoms with Gasteiger partial charge in [-0.1, -0.05) is 6.07 Å². The van der Waals surface area contributed by atoms with Crippen LogP contribution in [0.15, 0.2) is 53.4 Å². The molecule has 3 aromatic rings. The molecular weight excluding hydrogens is 395 g/mol. The van der Waals surface area contributed by atoms with E-state index in [2.05, 4.69) is 9.71 Å². The second-order valence-corrected chi connectivity index (χ2v) is 7.32. The molecule has 0 radical (unpaired) electrons. The molecule has 0 atom stereocenters. The first-order chi connectivity index (χ1) is 12.3. The van der Waals surface area contributed by atoms with Gasteiger partial charge in [-0.15, -0.1) is 0 Å². The molecule has 0 spiro atoms. The Hall–Kier alpha value is -1.49. The third-order valence-electron chi connectivity index (χ3n) is 3.80. The van der Waals surface area contributed by atoms with Gasteiger partial charge in [0, 0.05) is 17.1 Å². The Bertz CT molecular complexity index is 1100. The summed E-state index contributed by atoms with van der Waals surface area (Å²) in [6.07, 6.45) is 0. The molecule has 1 aromatic heterocycles. The number of hydrogen-bond acceptors (Lipinski definition) is 5. The fourth-order valence-corrected chi connectivity index (χ4v) is 3.54. The van der Waals surface area contributed by atoms with Crippen LogP contribution in [0.5, 0.6) is 5.75 Å². The van der Waals surface area contributed by atoms with Gasteiger partial charge in [-0.2, -0.15) is 0 Å². The van der Waals surface area contributed by atoms with Crippen molar-refractivity contribution in [2.45, 2.75) is 11.8 Å². The van der Waals surface area contributed by atoms with E-state index in [1.54, 1.807) is 12.1 Å². The number of pyridine rings is 1. The SMILES string of the molecule is COc1cc(NS(=O)(=O)c2ccc(C(=O)O)cc2)c2nc(C)ccc2c1.[H-].[K+]. The van der Waals surface area contributed by atoms with Gasteiger partial charge >= 0.3 is 57.4 Å². The molecule has 7 nitrogen and oxygen atoms in total. The molecule has 136 valence electrons. The van der Waals surface area contributed by atoms with Gasteiger partial charge in [-0.25, -0.2) is 13.2 Å². The van der Waals surface area contributed by atoms with Crippen LogP contribution in [0.3, 0.4) is 0 Å². The number of rotatable bonds is 5. The van der Waals surface area contributed by atoms with Gasteiger partial charge in [0.15, 0.2) is 0 Å². The van der Waals surface area contributed by atoms with Crippen molar-refractivity contribution in [3.63, 3.8) is 0 Å². The smallest absolute Gasteiger partial charge is 1.00 e. The zero-order valence-electron chi connectivity index (χ0n) is 16.1. The largest absolute Gasteiger partial charge is 1.00 e. The number of fused-ring (bicyclic) bond motifs is 1. The maximum Gasteiger partial charge on any atom is 1.00 e. The van der Waals surface area contributed by atoms with Gasteiger partial charge in [-0.05, 0) is 43.3 Å². The molecule has 0 bridgehead atoms. The molecule has 3 rings (SSSR count). The van der Waals surface area contributed by atoms with Crippen LogP contribution in [0, 0.1) is 6.92 Å². The van der Waals surface area contributed by atoms with Crippen molar-refractivity contribution < 1.29 is 75.9 Å². The normalized spacial score (nSPS) is 10.9. The van der Waals surface area contributed by atoms with E-state index in [1.165, 1.54) is 31.4 Å². The van der Waals surface area contributed by atoms with Gasteiger partial charge in [0.25, 0.3) is 10.0 Å². The molecule has 0 saturated heterocycles. The summed E-state index contributed by atoms with van der Waals surface area (Å²) in [6.45, 7) is 1.81. The Morgan fingerprint density at radius 3 is 2.41 bits per heavy atom. The third-order valence-corrected chi connectivity index (χ3v) is 5.18. The minimum absolute atomic E-state index is 0. The van der Waals surface area contributed by atoms with Crippen LogP contribution in [-0.4, -0.2) is 31.6 Å². The Labute approximate surface area is 200 Å². The van der Waals surface area contributed by atoms with Crippen molar-refractivity contribution in [3.8, 4) is 5.75 Å². The molecule has 0 saturated carbocycles. The van der Waals surface area contributed by atoms with Crippen molar-refractivity contribution >= 4 is 32.6 Å². The molecule has 2 aromatic carbocycles. The maximum atomic E-state index is 12.7. The Morgan fingerprint density at radius 2 is 1.81 bits per heavy atom. The third kappa shape index (κ3) is 4.87. The van der Waals surface area contributed by atoms with Gasteiger partial charge in [0.05, 0.1) is 28.8 Å². The Kier molecular flexibility index (Phi) is 7.01. The van der Waals surface area contributed by atoms with Crippen LogP contribution in [0.4, 0.5) is 5.69 Å². The van der Waals surface area contributed by atoms with E-state index in [4.69, 9.17) is 9.84 Å². The number of aromatic carboxylic acids is 1. The number of ether oxygens (including phenoxy) is 1. The van der Waals surface area contributed by atoms with Crippen molar-refractivity contribution in [1.82, 2.24) is 4.98 Å². The van der Waals surface area contributed by atoms with Crippen molar-refractivity contribution in [1.29, 1.82) is 0 Å². The van der Waals surface area contributed by atoms with Crippen LogP contribution in [0.1, 0.15) is 17.5 Å². The average molecular weight is 413 g/mol. The van der Waals surface area contributed by atoms with Gasteiger partial charge in [0.2, 0.25) is 0 Å². The minimum Gasteiger partial charge on any atom is -1.00 e. The second-order valence-electron chi connectivity index (χ2n) is 5.63. The van der Waals surface area contributed by atoms with Gasteiger partial charge < -0.3 is 11.3 Å². The topological polar surface area (TPSA) is 106 Å². The van der Waals surface area contributed by atoms with E-state index < -0.39 is 16.0 Å². The quantitative estimate of drug-likeness (QED) is 0.579. The molecule has 0 amide bonds. The number of hydrogen-bond donors (Lipinski definition) is 2. The molecule has 2 N–H and O–H groups in total.